The molecule has 0 fully saturated rings. The van der Waals surface area contributed by atoms with Crippen molar-refractivity contribution in [3.8, 4) is 0 Å². The lowest BCUT2D eigenvalue weighted by atomic mass is 9.99. The molecule has 8 heavy (non-hydrogen) atoms. The van der Waals surface area contributed by atoms with Crippen LogP contribution in [0, 0.1) is 0 Å². The highest BCUT2D eigenvalue weighted by atomic mass is 14.7. The van der Waals surface area contributed by atoms with Crippen LogP contribution in [0.3, 0.4) is 0 Å². The van der Waals surface area contributed by atoms with E-state index in [1.54, 1.807) is 12.2 Å². The van der Waals surface area contributed by atoms with Gasteiger partial charge in [-0.05, 0) is 6.42 Å². The number of hydrogen-bond donors (Lipinski definition) is 1. The van der Waals surface area contributed by atoms with Gasteiger partial charge in [-0.3, -0.25) is 0 Å². The summed E-state index contributed by atoms with van der Waals surface area (Å²) in [4.78, 5) is 0. The summed E-state index contributed by atoms with van der Waals surface area (Å²) >= 11 is 0. The van der Waals surface area contributed by atoms with Crippen LogP contribution < -0.4 is 5.73 Å². The van der Waals surface area contributed by atoms with Crippen LogP contribution in [0.1, 0.15) is 13.3 Å². The Morgan fingerprint density at radius 1 is 1.50 bits per heavy atom. The largest absolute Gasteiger partial charge is 0.319 e. The van der Waals surface area contributed by atoms with Crippen molar-refractivity contribution < 1.29 is 0 Å². The van der Waals surface area contributed by atoms with Gasteiger partial charge in [0, 0.05) is 0 Å². The molecule has 0 bridgehead atoms. The molecule has 0 radical (unpaired) electrons. The molecule has 0 heterocycles. The lowest BCUT2D eigenvalue weighted by Gasteiger charge is -2.17. The highest BCUT2D eigenvalue weighted by Gasteiger charge is 2.10. The first kappa shape index (κ1) is 7.44. The normalized spacial score (nSPS) is 10.8. The van der Waals surface area contributed by atoms with Crippen LogP contribution in [-0.2, 0) is 0 Å². The smallest absolute Gasteiger partial charge is 0.0517 e. The van der Waals surface area contributed by atoms with E-state index < -0.39 is 0 Å². The van der Waals surface area contributed by atoms with Gasteiger partial charge in [0.15, 0.2) is 0 Å². The summed E-state index contributed by atoms with van der Waals surface area (Å²) in [6.45, 7) is 9.16. The first-order valence-corrected chi connectivity index (χ1v) is 2.74. The van der Waals surface area contributed by atoms with E-state index in [0.29, 0.717) is 0 Å². The van der Waals surface area contributed by atoms with Gasteiger partial charge in [-0.1, -0.05) is 19.1 Å². The van der Waals surface area contributed by atoms with Gasteiger partial charge in [0.25, 0.3) is 0 Å². The summed E-state index contributed by atoms with van der Waals surface area (Å²) in [5, 5.41) is 0. The molecule has 0 amide bonds. The van der Waals surface area contributed by atoms with Gasteiger partial charge in [0.05, 0.1) is 5.54 Å². The molecule has 0 atom stereocenters. The first-order chi connectivity index (χ1) is 3.68. The second-order valence-corrected chi connectivity index (χ2v) is 1.87. The molecule has 2 N–H and O–H groups in total. The zero-order valence-corrected chi connectivity index (χ0v) is 5.35. The van der Waals surface area contributed by atoms with E-state index >= 15 is 0 Å². The van der Waals surface area contributed by atoms with Gasteiger partial charge in [-0.25, -0.2) is 0 Å². The van der Waals surface area contributed by atoms with E-state index in [9.17, 15) is 0 Å². The minimum absolute atomic E-state index is 0.347. The predicted molar refractivity (Wildman–Crippen MR) is 37.6 cm³/mol. The zero-order chi connectivity index (χ0) is 6.62. The molecular formula is C7H13N. The summed E-state index contributed by atoms with van der Waals surface area (Å²) in [6.07, 6.45) is 4.28. The van der Waals surface area contributed by atoms with Gasteiger partial charge in [0.1, 0.15) is 0 Å². The van der Waals surface area contributed by atoms with Gasteiger partial charge >= 0.3 is 0 Å². The molecule has 0 rings (SSSR count). The van der Waals surface area contributed by atoms with Gasteiger partial charge in [-0.15, -0.1) is 13.2 Å². The van der Waals surface area contributed by atoms with Crippen LogP contribution in [0.25, 0.3) is 0 Å². The van der Waals surface area contributed by atoms with E-state index in [1.165, 1.54) is 0 Å². The van der Waals surface area contributed by atoms with E-state index in [1.807, 2.05) is 6.92 Å². The maximum absolute atomic E-state index is 5.66. The molecule has 0 aromatic carbocycles. The predicted octanol–water partition coefficient (Wildman–Crippen LogP) is 1.47. The van der Waals surface area contributed by atoms with Gasteiger partial charge in [0.2, 0.25) is 0 Å². The molecule has 0 aromatic rings. The van der Waals surface area contributed by atoms with E-state index in [-0.39, 0.29) is 5.54 Å². The van der Waals surface area contributed by atoms with Crippen LogP contribution in [0.4, 0.5) is 0 Å². The van der Waals surface area contributed by atoms with Crippen molar-refractivity contribution >= 4 is 0 Å². The highest BCUT2D eigenvalue weighted by molar-refractivity contribution is 5.11. The maximum Gasteiger partial charge on any atom is 0.0517 e. The van der Waals surface area contributed by atoms with Crippen molar-refractivity contribution in [2.75, 3.05) is 0 Å². The Morgan fingerprint density at radius 3 is 1.88 bits per heavy atom. The number of hydrogen-bond acceptors (Lipinski definition) is 1. The molecule has 0 spiro atoms. The van der Waals surface area contributed by atoms with Crippen molar-refractivity contribution in [2.45, 2.75) is 18.9 Å². The third kappa shape index (κ3) is 1.51. The standard InChI is InChI=1S/C7H13N/c1-4-7(8,5-2)6-3/h4-5H,1-2,6,8H2,3H3. The van der Waals surface area contributed by atoms with E-state index in [2.05, 4.69) is 13.2 Å². The fourth-order valence-electron chi connectivity index (χ4n) is 0.372. The van der Waals surface area contributed by atoms with Crippen molar-refractivity contribution in [3.63, 3.8) is 0 Å². The zero-order valence-electron chi connectivity index (χ0n) is 5.35. The molecule has 0 saturated heterocycles. The lowest BCUT2D eigenvalue weighted by Crippen LogP contribution is -2.33. The van der Waals surface area contributed by atoms with Crippen molar-refractivity contribution in [2.24, 2.45) is 5.73 Å². The Kier molecular flexibility index (Phi) is 2.49. The third-order valence-corrected chi connectivity index (χ3v) is 1.37. The van der Waals surface area contributed by atoms with Crippen molar-refractivity contribution in [3.05, 3.63) is 25.3 Å². The third-order valence-electron chi connectivity index (χ3n) is 1.37. The second-order valence-electron chi connectivity index (χ2n) is 1.87. The monoisotopic (exact) mass is 111 g/mol. The lowest BCUT2D eigenvalue weighted by molar-refractivity contribution is 0.633. The second kappa shape index (κ2) is 2.68. The topological polar surface area (TPSA) is 26.0 Å². The van der Waals surface area contributed by atoms with Crippen LogP contribution in [0.15, 0.2) is 25.3 Å². The van der Waals surface area contributed by atoms with Crippen LogP contribution in [-0.4, -0.2) is 5.54 Å². The molecule has 0 aliphatic rings. The molecule has 0 aliphatic carbocycles. The highest BCUT2D eigenvalue weighted by Crippen LogP contribution is 2.06. The summed E-state index contributed by atoms with van der Waals surface area (Å²) in [5.74, 6) is 0. The quantitative estimate of drug-likeness (QED) is 0.548. The van der Waals surface area contributed by atoms with Gasteiger partial charge < -0.3 is 5.73 Å². The fourth-order valence-corrected chi connectivity index (χ4v) is 0.372. The SMILES string of the molecule is C=CC(N)(C=C)CC. The maximum atomic E-state index is 5.66. The van der Waals surface area contributed by atoms with Crippen LogP contribution in [0.2, 0.25) is 0 Å². The minimum Gasteiger partial charge on any atom is -0.319 e. The summed E-state index contributed by atoms with van der Waals surface area (Å²) in [6, 6.07) is 0. The molecule has 0 aromatic heterocycles. The minimum atomic E-state index is -0.347. The molecule has 0 aliphatic heterocycles. The van der Waals surface area contributed by atoms with E-state index in [0.717, 1.165) is 6.42 Å². The number of rotatable bonds is 3. The summed E-state index contributed by atoms with van der Waals surface area (Å²) in [5.41, 5.74) is 5.31. The van der Waals surface area contributed by atoms with Gasteiger partial charge in [-0.2, -0.15) is 0 Å². The van der Waals surface area contributed by atoms with E-state index in [4.69, 9.17) is 5.73 Å². The Balaban J connectivity index is 3.96. The molecular weight excluding hydrogens is 98.1 g/mol. The van der Waals surface area contributed by atoms with Crippen LogP contribution >= 0.6 is 0 Å². The molecule has 46 valence electrons. The average molecular weight is 111 g/mol. The Labute approximate surface area is 50.9 Å². The molecule has 0 saturated carbocycles. The van der Waals surface area contributed by atoms with Crippen molar-refractivity contribution in [1.82, 2.24) is 0 Å². The summed E-state index contributed by atoms with van der Waals surface area (Å²) < 4.78 is 0. The number of nitrogens with two attached hydrogens (primary N) is 1. The van der Waals surface area contributed by atoms with Crippen LogP contribution in [0.5, 0.6) is 0 Å². The fraction of sp³-hybridized carbons (Fsp3) is 0.429. The molecule has 0 unspecified atom stereocenters. The first-order valence-electron chi connectivity index (χ1n) is 2.74. The molecule has 1 heteroatoms. The Morgan fingerprint density at radius 2 is 1.88 bits per heavy atom. The van der Waals surface area contributed by atoms with Crippen molar-refractivity contribution in [1.29, 1.82) is 0 Å². The summed E-state index contributed by atoms with van der Waals surface area (Å²) in [7, 11) is 0. The Bertz CT molecular complexity index is 86.6. The Hall–Kier alpha value is -0.560. The average Bonchev–Trinajstić information content (AvgIpc) is 1.87. The molecule has 1 nitrogen and oxygen atoms in total.